The molecule has 0 amide bonds. The van der Waals surface area contributed by atoms with Gasteiger partial charge in [-0.25, -0.2) is 14.1 Å². The van der Waals surface area contributed by atoms with Crippen molar-refractivity contribution in [3.63, 3.8) is 0 Å². The SMILES string of the molecule is CC(C)n1ncc2c(=O)n(Cc3ccc(F)cn3)cnc21. The Labute approximate surface area is 119 Å². The van der Waals surface area contributed by atoms with Crippen molar-refractivity contribution in [2.24, 2.45) is 0 Å². The Morgan fingerprint density at radius 2 is 2.05 bits per heavy atom. The van der Waals surface area contributed by atoms with Crippen LogP contribution in [0.3, 0.4) is 0 Å². The minimum absolute atomic E-state index is 0.129. The summed E-state index contributed by atoms with van der Waals surface area (Å²) in [6.45, 7) is 4.19. The van der Waals surface area contributed by atoms with E-state index >= 15 is 0 Å². The van der Waals surface area contributed by atoms with Crippen LogP contribution in [0.2, 0.25) is 0 Å². The summed E-state index contributed by atoms with van der Waals surface area (Å²) in [5, 5.41) is 4.66. The Morgan fingerprint density at radius 1 is 1.24 bits per heavy atom. The number of rotatable bonds is 3. The molecule has 0 bridgehead atoms. The van der Waals surface area contributed by atoms with Crippen molar-refractivity contribution in [1.29, 1.82) is 0 Å². The lowest BCUT2D eigenvalue weighted by atomic mass is 10.3. The van der Waals surface area contributed by atoms with Gasteiger partial charge in [0.05, 0.1) is 24.6 Å². The summed E-state index contributed by atoms with van der Waals surface area (Å²) in [5.41, 5.74) is 0.979. The molecule has 0 radical (unpaired) electrons. The van der Waals surface area contributed by atoms with E-state index in [0.717, 1.165) is 6.20 Å². The summed E-state index contributed by atoms with van der Waals surface area (Å²) in [5.74, 6) is -0.405. The lowest BCUT2D eigenvalue weighted by Crippen LogP contribution is -2.21. The van der Waals surface area contributed by atoms with Gasteiger partial charge in [-0.3, -0.25) is 14.3 Å². The van der Waals surface area contributed by atoms with Gasteiger partial charge in [0.1, 0.15) is 17.5 Å². The van der Waals surface area contributed by atoms with Gasteiger partial charge in [0.25, 0.3) is 5.56 Å². The molecule has 0 atom stereocenters. The normalized spacial score (nSPS) is 11.4. The van der Waals surface area contributed by atoms with E-state index in [-0.39, 0.29) is 18.1 Å². The van der Waals surface area contributed by atoms with Crippen molar-refractivity contribution in [2.75, 3.05) is 0 Å². The maximum Gasteiger partial charge on any atom is 0.264 e. The summed E-state index contributed by atoms with van der Waals surface area (Å²) in [6.07, 6.45) is 4.12. The predicted octanol–water partition coefficient (Wildman–Crippen LogP) is 1.76. The van der Waals surface area contributed by atoms with Crippen LogP contribution in [0, 0.1) is 5.82 Å². The minimum atomic E-state index is -0.405. The first kappa shape index (κ1) is 13.4. The standard InChI is InChI=1S/C14H14FN5O/c1-9(2)20-13-12(6-18-20)14(21)19(8-17-13)7-11-4-3-10(15)5-16-11/h3-6,8-9H,7H2,1-2H3. The van der Waals surface area contributed by atoms with E-state index in [2.05, 4.69) is 15.1 Å². The Morgan fingerprint density at radius 3 is 2.71 bits per heavy atom. The highest BCUT2D eigenvalue weighted by molar-refractivity contribution is 5.73. The zero-order valence-electron chi connectivity index (χ0n) is 11.7. The van der Waals surface area contributed by atoms with E-state index in [0.29, 0.717) is 16.7 Å². The third-order valence-corrected chi connectivity index (χ3v) is 3.19. The van der Waals surface area contributed by atoms with Crippen molar-refractivity contribution in [3.05, 3.63) is 52.7 Å². The third kappa shape index (κ3) is 2.42. The summed E-state index contributed by atoms with van der Waals surface area (Å²) < 4.78 is 16.0. The molecule has 0 N–H and O–H groups in total. The van der Waals surface area contributed by atoms with Crippen LogP contribution in [0.1, 0.15) is 25.6 Å². The second-order valence-corrected chi connectivity index (χ2v) is 5.07. The van der Waals surface area contributed by atoms with Gasteiger partial charge in [0.15, 0.2) is 5.65 Å². The number of hydrogen-bond acceptors (Lipinski definition) is 4. The third-order valence-electron chi connectivity index (χ3n) is 3.19. The van der Waals surface area contributed by atoms with E-state index in [1.54, 1.807) is 10.7 Å². The fourth-order valence-corrected chi connectivity index (χ4v) is 2.13. The molecule has 0 unspecified atom stereocenters. The van der Waals surface area contributed by atoms with Crippen molar-refractivity contribution >= 4 is 11.0 Å². The number of aromatic nitrogens is 5. The number of halogens is 1. The highest BCUT2D eigenvalue weighted by Gasteiger charge is 2.12. The Hall–Kier alpha value is -2.57. The average molecular weight is 287 g/mol. The molecule has 0 fully saturated rings. The molecule has 3 aromatic rings. The molecule has 108 valence electrons. The number of hydrogen-bond donors (Lipinski definition) is 0. The van der Waals surface area contributed by atoms with E-state index in [4.69, 9.17) is 0 Å². The van der Waals surface area contributed by atoms with Crippen LogP contribution in [0.4, 0.5) is 4.39 Å². The molecule has 21 heavy (non-hydrogen) atoms. The Balaban J connectivity index is 2.02. The van der Waals surface area contributed by atoms with Crippen LogP contribution >= 0.6 is 0 Å². The zero-order valence-corrected chi connectivity index (χ0v) is 11.7. The summed E-state index contributed by atoms with van der Waals surface area (Å²) in [6, 6.07) is 2.99. The van der Waals surface area contributed by atoms with Crippen molar-refractivity contribution in [2.45, 2.75) is 26.4 Å². The van der Waals surface area contributed by atoms with Crippen LogP contribution in [0.25, 0.3) is 11.0 Å². The van der Waals surface area contributed by atoms with Gasteiger partial charge in [-0.2, -0.15) is 5.10 Å². The molecule has 0 saturated carbocycles. The smallest absolute Gasteiger partial charge is 0.264 e. The van der Waals surface area contributed by atoms with Crippen LogP contribution in [0.15, 0.2) is 35.6 Å². The van der Waals surface area contributed by atoms with Crippen molar-refractivity contribution < 1.29 is 4.39 Å². The second-order valence-electron chi connectivity index (χ2n) is 5.07. The van der Waals surface area contributed by atoms with Crippen LogP contribution in [-0.2, 0) is 6.54 Å². The number of pyridine rings is 1. The molecule has 6 nitrogen and oxygen atoms in total. The Bertz CT molecular complexity index is 835. The van der Waals surface area contributed by atoms with Crippen LogP contribution in [0.5, 0.6) is 0 Å². The van der Waals surface area contributed by atoms with E-state index in [1.807, 2.05) is 13.8 Å². The maximum absolute atomic E-state index is 12.8. The lowest BCUT2D eigenvalue weighted by Gasteiger charge is -2.07. The van der Waals surface area contributed by atoms with Gasteiger partial charge in [-0.05, 0) is 26.0 Å². The van der Waals surface area contributed by atoms with Crippen molar-refractivity contribution in [1.82, 2.24) is 24.3 Å². The molecule has 3 aromatic heterocycles. The van der Waals surface area contributed by atoms with E-state index in [1.165, 1.54) is 23.2 Å². The quantitative estimate of drug-likeness (QED) is 0.736. The largest absolute Gasteiger partial charge is 0.292 e. The second kappa shape index (κ2) is 5.08. The fraction of sp³-hybridized carbons (Fsp3) is 0.286. The monoisotopic (exact) mass is 287 g/mol. The van der Waals surface area contributed by atoms with E-state index in [9.17, 15) is 9.18 Å². The maximum atomic E-state index is 12.8. The summed E-state index contributed by atoms with van der Waals surface area (Å²) in [7, 11) is 0. The molecule has 7 heteroatoms. The molecule has 0 aliphatic carbocycles. The number of fused-ring (bicyclic) bond motifs is 1. The highest BCUT2D eigenvalue weighted by atomic mass is 19.1. The minimum Gasteiger partial charge on any atom is -0.292 e. The van der Waals surface area contributed by atoms with Gasteiger partial charge in [-0.1, -0.05) is 0 Å². The molecule has 0 aromatic carbocycles. The molecule has 3 heterocycles. The van der Waals surface area contributed by atoms with Gasteiger partial charge in [0, 0.05) is 6.04 Å². The average Bonchev–Trinajstić information content (AvgIpc) is 2.89. The molecular weight excluding hydrogens is 273 g/mol. The summed E-state index contributed by atoms with van der Waals surface area (Å²) in [4.78, 5) is 20.6. The topological polar surface area (TPSA) is 65.6 Å². The molecule has 0 saturated heterocycles. The van der Waals surface area contributed by atoms with Crippen LogP contribution in [-0.4, -0.2) is 24.3 Å². The van der Waals surface area contributed by atoms with Gasteiger partial charge >= 0.3 is 0 Å². The lowest BCUT2D eigenvalue weighted by molar-refractivity contribution is 0.545. The Kier molecular flexibility index (Phi) is 3.25. The van der Waals surface area contributed by atoms with E-state index < -0.39 is 5.82 Å². The van der Waals surface area contributed by atoms with Gasteiger partial charge in [-0.15, -0.1) is 0 Å². The predicted molar refractivity (Wildman–Crippen MR) is 75.5 cm³/mol. The highest BCUT2D eigenvalue weighted by Crippen LogP contribution is 2.11. The fourth-order valence-electron chi connectivity index (χ4n) is 2.13. The first-order valence-electron chi connectivity index (χ1n) is 6.59. The molecular formula is C14H14FN5O. The van der Waals surface area contributed by atoms with Crippen LogP contribution < -0.4 is 5.56 Å². The molecule has 3 rings (SSSR count). The first-order valence-corrected chi connectivity index (χ1v) is 6.59. The summed E-state index contributed by atoms with van der Waals surface area (Å²) >= 11 is 0. The van der Waals surface area contributed by atoms with Gasteiger partial charge in [0.2, 0.25) is 0 Å². The van der Waals surface area contributed by atoms with Gasteiger partial charge < -0.3 is 0 Å². The molecule has 0 aliphatic heterocycles. The zero-order chi connectivity index (χ0) is 15.0. The molecule has 0 spiro atoms. The first-order chi connectivity index (χ1) is 10.1. The van der Waals surface area contributed by atoms with Crippen molar-refractivity contribution in [3.8, 4) is 0 Å². The number of nitrogens with zero attached hydrogens (tertiary/aromatic N) is 5. The molecule has 0 aliphatic rings.